The maximum Gasteiger partial charge on any atom is 0.241 e. The first-order valence-corrected chi connectivity index (χ1v) is 6.42. The highest BCUT2D eigenvalue weighted by Crippen LogP contribution is 2.03. The van der Waals surface area contributed by atoms with Crippen LogP contribution in [0.3, 0.4) is 0 Å². The number of nitrogens with one attached hydrogen (secondary N) is 1. The van der Waals surface area contributed by atoms with Crippen LogP contribution >= 0.6 is 0 Å². The Labute approximate surface area is 104 Å². The van der Waals surface area contributed by atoms with Crippen molar-refractivity contribution < 1.29 is 9.53 Å². The highest BCUT2D eigenvalue weighted by atomic mass is 16.5. The molecule has 0 saturated carbocycles. The van der Waals surface area contributed by atoms with Crippen LogP contribution in [-0.4, -0.2) is 50.2 Å². The summed E-state index contributed by atoms with van der Waals surface area (Å²) in [4.78, 5) is 13.8. The first-order valence-electron chi connectivity index (χ1n) is 6.42. The summed E-state index contributed by atoms with van der Waals surface area (Å²) in [5.41, 5.74) is 0. The molecule has 1 heterocycles. The zero-order valence-corrected chi connectivity index (χ0v) is 10.8. The molecule has 0 radical (unpaired) electrons. The fraction of sp³-hybridized carbons (Fsp3) is 0.769. The lowest BCUT2D eigenvalue weighted by Crippen LogP contribution is -2.51. The van der Waals surface area contributed by atoms with E-state index in [1.807, 2.05) is 13.1 Å². The van der Waals surface area contributed by atoms with Gasteiger partial charge in [-0.05, 0) is 19.3 Å². The van der Waals surface area contributed by atoms with Crippen molar-refractivity contribution in [3.8, 4) is 0 Å². The van der Waals surface area contributed by atoms with Crippen molar-refractivity contribution >= 4 is 5.91 Å². The van der Waals surface area contributed by atoms with Crippen molar-refractivity contribution in [1.29, 1.82) is 0 Å². The number of nitrogens with zero attached hydrogens (tertiary/aromatic N) is 1. The first kappa shape index (κ1) is 14.2. The molecule has 4 nitrogen and oxygen atoms in total. The molecule has 4 heteroatoms. The minimum atomic E-state index is -0.151. The number of rotatable bonds is 7. The lowest BCUT2D eigenvalue weighted by molar-refractivity contribution is -0.135. The van der Waals surface area contributed by atoms with Gasteiger partial charge in [0.05, 0.1) is 13.2 Å². The summed E-state index contributed by atoms with van der Waals surface area (Å²) >= 11 is 0. The number of morpholine rings is 1. The largest absolute Gasteiger partial charge is 0.378 e. The molecule has 1 aliphatic rings. The predicted molar refractivity (Wildman–Crippen MR) is 68.9 cm³/mol. The lowest BCUT2D eigenvalue weighted by atomic mass is 10.2. The summed E-state index contributed by atoms with van der Waals surface area (Å²) in [5.74, 6) is 0.147. The highest BCUT2D eigenvalue weighted by molar-refractivity contribution is 5.81. The number of likely N-dealkylation sites (N-methyl/N-ethyl adjacent to an activating group) is 1. The molecule has 1 aliphatic heterocycles. The molecule has 0 aromatic carbocycles. The molecule has 1 unspecified atom stereocenters. The van der Waals surface area contributed by atoms with Crippen molar-refractivity contribution in [3.63, 3.8) is 0 Å². The second-order valence-corrected chi connectivity index (χ2v) is 4.48. The standard InChI is InChI=1S/C13H24N2O2/c1-3-4-5-6-7-9-15(2)13(16)12-11-17-10-8-14-12/h3,12,14H,1,4-11H2,2H3. The Morgan fingerprint density at radius 1 is 1.53 bits per heavy atom. The van der Waals surface area contributed by atoms with E-state index in [0.29, 0.717) is 13.2 Å². The smallest absolute Gasteiger partial charge is 0.241 e. The summed E-state index contributed by atoms with van der Waals surface area (Å²) in [6.45, 7) is 6.49. The molecule has 17 heavy (non-hydrogen) atoms. The van der Waals surface area contributed by atoms with Crippen LogP contribution in [0.5, 0.6) is 0 Å². The van der Waals surface area contributed by atoms with Crippen molar-refractivity contribution in [2.45, 2.75) is 31.7 Å². The summed E-state index contributed by atoms with van der Waals surface area (Å²) < 4.78 is 5.29. The van der Waals surface area contributed by atoms with Crippen LogP contribution in [-0.2, 0) is 9.53 Å². The maximum atomic E-state index is 12.0. The van der Waals surface area contributed by atoms with Gasteiger partial charge in [0.15, 0.2) is 0 Å². The Hall–Kier alpha value is -0.870. The second-order valence-electron chi connectivity index (χ2n) is 4.48. The number of ether oxygens (including phenoxy) is 1. The van der Waals surface area contributed by atoms with Gasteiger partial charge in [0, 0.05) is 20.1 Å². The average molecular weight is 240 g/mol. The van der Waals surface area contributed by atoms with Gasteiger partial charge < -0.3 is 15.0 Å². The molecule has 1 saturated heterocycles. The van der Waals surface area contributed by atoms with Crippen LogP contribution in [0.1, 0.15) is 25.7 Å². The topological polar surface area (TPSA) is 41.6 Å². The average Bonchev–Trinajstić information content (AvgIpc) is 2.38. The van der Waals surface area contributed by atoms with Crippen LogP contribution in [0.25, 0.3) is 0 Å². The predicted octanol–water partition coefficient (Wildman–Crippen LogP) is 1.18. The summed E-state index contributed by atoms with van der Waals surface area (Å²) in [6, 6.07) is -0.151. The fourth-order valence-electron chi connectivity index (χ4n) is 1.91. The Morgan fingerprint density at radius 2 is 2.35 bits per heavy atom. The SMILES string of the molecule is C=CCCCCCN(C)C(=O)C1COCCN1. The minimum Gasteiger partial charge on any atom is -0.378 e. The summed E-state index contributed by atoms with van der Waals surface area (Å²) in [7, 11) is 1.87. The van der Waals surface area contributed by atoms with E-state index < -0.39 is 0 Å². The molecule has 1 N–H and O–H groups in total. The van der Waals surface area contributed by atoms with E-state index in [0.717, 1.165) is 38.8 Å². The first-order chi connectivity index (χ1) is 8.25. The molecular weight excluding hydrogens is 216 g/mol. The third-order valence-corrected chi connectivity index (χ3v) is 3.00. The van der Waals surface area contributed by atoms with Crippen molar-refractivity contribution in [2.24, 2.45) is 0 Å². The molecule has 1 fully saturated rings. The third-order valence-electron chi connectivity index (χ3n) is 3.00. The molecule has 0 aromatic rings. The van der Waals surface area contributed by atoms with Crippen LogP contribution in [0.2, 0.25) is 0 Å². The normalized spacial score (nSPS) is 19.9. The number of allylic oxidation sites excluding steroid dienone is 1. The Morgan fingerprint density at radius 3 is 3.00 bits per heavy atom. The summed E-state index contributed by atoms with van der Waals surface area (Å²) in [5, 5.41) is 3.18. The number of hydrogen-bond acceptors (Lipinski definition) is 3. The van der Waals surface area contributed by atoms with E-state index in [1.165, 1.54) is 0 Å². The Kier molecular flexibility index (Phi) is 6.89. The molecule has 0 aliphatic carbocycles. The van der Waals surface area contributed by atoms with Gasteiger partial charge in [-0.1, -0.05) is 12.5 Å². The second kappa shape index (κ2) is 8.25. The quantitative estimate of drug-likeness (QED) is 0.537. The molecule has 0 spiro atoms. The van der Waals surface area contributed by atoms with E-state index in [-0.39, 0.29) is 11.9 Å². The van der Waals surface area contributed by atoms with E-state index in [9.17, 15) is 4.79 Å². The van der Waals surface area contributed by atoms with Gasteiger partial charge in [-0.25, -0.2) is 0 Å². The molecule has 0 bridgehead atoms. The van der Waals surface area contributed by atoms with E-state index in [1.54, 1.807) is 4.90 Å². The fourth-order valence-corrected chi connectivity index (χ4v) is 1.91. The molecule has 1 atom stereocenters. The Bertz CT molecular complexity index is 238. The van der Waals surface area contributed by atoms with Gasteiger partial charge >= 0.3 is 0 Å². The zero-order chi connectivity index (χ0) is 12.5. The maximum absolute atomic E-state index is 12.0. The number of carbonyl (C=O) groups excluding carboxylic acids is 1. The number of carbonyl (C=O) groups is 1. The van der Waals surface area contributed by atoms with Gasteiger partial charge in [-0.2, -0.15) is 0 Å². The van der Waals surface area contributed by atoms with Crippen LogP contribution in [0, 0.1) is 0 Å². The number of amides is 1. The number of hydrogen-bond donors (Lipinski definition) is 1. The Balaban J connectivity index is 2.14. The molecule has 98 valence electrons. The van der Waals surface area contributed by atoms with Gasteiger partial charge in [0.2, 0.25) is 5.91 Å². The molecule has 1 amide bonds. The molecule has 1 rings (SSSR count). The highest BCUT2D eigenvalue weighted by Gasteiger charge is 2.23. The number of unbranched alkanes of at least 4 members (excludes halogenated alkanes) is 3. The molecule has 0 aromatic heterocycles. The molecular formula is C13H24N2O2. The van der Waals surface area contributed by atoms with Crippen molar-refractivity contribution in [2.75, 3.05) is 33.4 Å². The van der Waals surface area contributed by atoms with Crippen molar-refractivity contribution in [3.05, 3.63) is 12.7 Å². The third kappa shape index (κ3) is 5.33. The van der Waals surface area contributed by atoms with Gasteiger partial charge in [0.1, 0.15) is 6.04 Å². The van der Waals surface area contributed by atoms with E-state index >= 15 is 0 Å². The minimum absolute atomic E-state index is 0.147. The lowest BCUT2D eigenvalue weighted by Gasteiger charge is -2.27. The van der Waals surface area contributed by atoms with Gasteiger partial charge in [-0.15, -0.1) is 6.58 Å². The van der Waals surface area contributed by atoms with Crippen LogP contribution in [0.15, 0.2) is 12.7 Å². The van der Waals surface area contributed by atoms with Gasteiger partial charge in [0.25, 0.3) is 0 Å². The van der Waals surface area contributed by atoms with Gasteiger partial charge in [-0.3, -0.25) is 4.79 Å². The van der Waals surface area contributed by atoms with Crippen LogP contribution in [0.4, 0.5) is 0 Å². The van der Waals surface area contributed by atoms with E-state index in [2.05, 4.69) is 11.9 Å². The van der Waals surface area contributed by atoms with Crippen LogP contribution < -0.4 is 5.32 Å². The zero-order valence-electron chi connectivity index (χ0n) is 10.8. The summed E-state index contributed by atoms with van der Waals surface area (Å²) in [6.07, 6.45) is 6.38. The van der Waals surface area contributed by atoms with Crippen molar-refractivity contribution in [1.82, 2.24) is 10.2 Å². The van der Waals surface area contributed by atoms with E-state index in [4.69, 9.17) is 4.74 Å². The monoisotopic (exact) mass is 240 g/mol.